The third kappa shape index (κ3) is 13.1. The Morgan fingerprint density at radius 3 is 1.44 bits per heavy atom. The number of hydrogen-bond acceptors (Lipinski definition) is 9. The predicted octanol–water partition coefficient (Wildman–Crippen LogP) is 3.29. The molecule has 68 heavy (non-hydrogen) atoms. The SMILES string of the molecule is CC1NC(=O)C(C)(C)NC(=O)C(C)N[C@@H](C)C(C)(C)NC(=O)C(Cc2ccc3ccccc3c2)NC(=O)C(C)(C)NC(=O)C(Cc2ccc(C(=O)c3ccccc3)cc2)NC(=O)C(C)(C)NC1=O. The van der Waals surface area contributed by atoms with E-state index in [-0.39, 0.29) is 18.6 Å². The molecule has 0 saturated carbocycles. The number of nitrogens with one attached hydrogen (secondary N) is 8. The van der Waals surface area contributed by atoms with Crippen LogP contribution >= 0.6 is 0 Å². The molecular formula is C52H66N8O8. The van der Waals surface area contributed by atoms with Gasteiger partial charge in [0.1, 0.15) is 34.7 Å². The second kappa shape index (κ2) is 20.9. The van der Waals surface area contributed by atoms with E-state index in [0.29, 0.717) is 16.7 Å². The number of hydrogen-bond donors (Lipinski definition) is 8. The monoisotopic (exact) mass is 931 g/mol. The van der Waals surface area contributed by atoms with Gasteiger partial charge in [-0.1, -0.05) is 97.1 Å². The lowest BCUT2D eigenvalue weighted by atomic mass is 9.93. The molecule has 0 aromatic heterocycles. The molecule has 0 aliphatic carbocycles. The molecule has 0 radical (unpaired) electrons. The van der Waals surface area contributed by atoms with E-state index < -0.39 is 93.7 Å². The van der Waals surface area contributed by atoms with Crippen molar-refractivity contribution in [3.05, 3.63) is 119 Å². The number of carbonyl (C=O) groups excluding carboxylic acids is 8. The lowest BCUT2D eigenvalue weighted by molar-refractivity contribution is -0.139. The van der Waals surface area contributed by atoms with Gasteiger partial charge in [-0.2, -0.15) is 0 Å². The van der Waals surface area contributed by atoms with Gasteiger partial charge in [0.15, 0.2) is 5.78 Å². The first kappa shape index (κ1) is 52.0. The highest BCUT2D eigenvalue weighted by molar-refractivity contribution is 6.09. The van der Waals surface area contributed by atoms with E-state index in [1.807, 2.05) is 48.5 Å². The maximum Gasteiger partial charge on any atom is 0.245 e. The summed E-state index contributed by atoms with van der Waals surface area (Å²) >= 11 is 0. The van der Waals surface area contributed by atoms with Gasteiger partial charge in [0.25, 0.3) is 0 Å². The van der Waals surface area contributed by atoms with Crippen LogP contribution in [-0.4, -0.2) is 99.5 Å². The smallest absolute Gasteiger partial charge is 0.245 e. The van der Waals surface area contributed by atoms with E-state index in [9.17, 15) is 38.4 Å². The zero-order valence-corrected chi connectivity index (χ0v) is 40.8. The Bertz CT molecular complexity index is 2550. The summed E-state index contributed by atoms with van der Waals surface area (Å²) in [5.74, 6) is -4.88. The number of carbonyl (C=O) groups is 8. The Kier molecular flexibility index (Phi) is 16.0. The molecule has 4 aromatic carbocycles. The molecule has 8 N–H and O–H groups in total. The van der Waals surface area contributed by atoms with Crippen molar-refractivity contribution < 1.29 is 38.4 Å². The highest BCUT2D eigenvalue weighted by Crippen LogP contribution is 2.20. The van der Waals surface area contributed by atoms with Crippen LogP contribution in [0, 0.1) is 0 Å². The maximum absolute atomic E-state index is 14.4. The lowest BCUT2D eigenvalue weighted by Crippen LogP contribution is -2.67. The molecule has 1 heterocycles. The Morgan fingerprint density at radius 1 is 0.456 bits per heavy atom. The van der Waals surface area contributed by atoms with Gasteiger partial charge >= 0.3 is 0 Å². The Hall–Kier alpha value is -6.94. The number of amides is 7. The average molecular weight is 931 g/mol. The third-order valence-electron chi connectivity index (χ3n) is 12.4. The topological polar surface area (TPSA) is 233 Å². The molecular weight excluding hydrogens is 865 g/mol. The predicted molar refractivity (Wildman–Crippen MR) is 260 cm³/mol. The molecule has 1 fully saturated rings. The molecule has 4 unspecified atom stereocenters. The van der Waals surface area contributed by atoms with Gasteiger partial charge in [0.2, 0.25) is 41.4 Å². The summed E-state index contributed by atoms with van der Waals surface area (Å²) in [5.41, 5.74) is -3.62. The minimum atomic E-state index is -1.67. The number of benzene rings is 4. The van der Waals surface area contributed by atoms with Gasteiger partial charge < -0.3 is 42.5 Å². The van der Waals surface area contributed by atoms with E-state index in [0.717, 1.165) is 16.3 Å². The van der Waals surface area contributed by atoms with Crippen molar-refractivity contribution in [3.8, 4) is 0 Å². The molecule has 7 amide bonds. The molecule has 1 saturated heterocycles. The standard InChI is InChI=1S/C52H66N8O8/c1-30-42(62)57-50(6,7)46(66)54-31(2)43(63)58-51(8,9)47(67)55-39(28-33-21-25-37(26-22-33)41(61)36-18-13-12-14-19-36)45(65)60-52(10,11)48(68)56-40(44(64)59-49(4,5)32(3)53-30)29-34-23-24-35-17-15-16-20-38(35)27-34/h12-27,30-32,39-40,53H,28-29H2,1-11H3,(H,54,66)(H,55,67)(H,56,68)(H,57,62)(H,58,63)(H,59,64)(H,60,65)/t30?,31?,32-,39?,40?/m0/s1. The van der Waals surface area contributed by atoms with Crippen molar-refractivity contribution in [1.29, 1.82) is 0 Å². The number of ketones is 1. The van der Waals surface area contributed by atoms with Gasteiger partial charge in [-0.25, -0.2) is 0 Å². The zero-order valence-electron chi connectivity index (χ0n) is 40.8. The van der Waals surface area contributed by atoms with E-state index >= 15 is 0 Å². The minimum absolute atomic E-state index is 0.0706. The highest BCUT2D eigenvalue weighted by atomic mass is 16.2. The molecule has 16 heteroatoms. The van der Waals surface area contributed by atoms with Crippen molar-refractivity contribution in [2.45, 2.75) is 141 Å². The first-order valence-corrected chi connectivity index (χ1v) is 22.8. The normalized spacial score (nSPS) is 24.1. The summed E-state index contributed by atoms with van der Waals surface area (Å²) < 4.78 is 0. The van der Waals surface area contributed by atoms with Crippen LogP contribution in [0.2, 0.25) is 0 Å². The Balaban J connectivity index is 1.50. The van der Waals surface area contributed by atoms with Crippen LogP contribution < -0.4 is 42.5 Å². The van der Waals surface area contributed by atoms with Crippen molar-refractivity contribution in [2.75, 3.05) is 0 Å². The molecule has 16 nitrogen and oxygen atoms in total. The summed E-state index contributed by atoms with van der Waals surface area (Å²) in [6.45, 7) is 17.1. The molecule has 1 aliphatic heterocycles. The number of fused-ring (bicyclic) bond motifs is 1. The van der Waals surface area contributed by atoms with E-state index in [4.69, 9.17) is 0 Å². The maximum atomic E-state index is 14.4. The average Bonchev–Trinajstić information content (AvgIpc) is 3.27. The van der Waals surface area contributed by atoms with Crippen LogP contribution in [0.4, 0.5) is 0 Å². The fraction of sp³-hybridized carbons (Fsp3) is 0.423. The summed E-state index contributed by atoms with van der Waals surface area (Å²) in [7, 11) is 0. The van der Waals surface area contributed by atoms with Crippen LogP contribution in [0.15, 0.2) is 97.1 Å². The van der Waals surface area contributed by atoms with E-state index in [2.05, 4.69) is 42.5 Å². The van der Waals surface area contributed by atoms with Crippen LogP contribution in [0.1, 0.15) is 103 Å². The second-order valence-electron chi connectivity index (χ2n) is 19.9. The van der Waals surface area contributed by atoms with Crippen LogP contribution in [-0.2, 0) is 46.4 Å². The molecule has 5 rings (SSSR count). The van der Waals surface area contributed by atoms with Crippen LogP contribution in [0.3, 0.4) is 0 Å². The van der Waals surface area contributed by atoms with Gasteiger partial charge in [-0.15, -0.1) is 0 Å². The number of rotatable bonds is 6. The molecule has 362 valence electrons. The van der Waals surface area contributed by atoms with Gasteiger partial charge in [0, 0.05) is 35.5 Å². The quantitative estimate of drug-likeness (QED) is 0.133. The lowest BCUT2D eigenvalue weighted by Gasteiger charge is -2.37. The molecule has 0 spiro atoms. The van der Waals surface area contributed by atoms with Crippen LogP contribution in [0.5, 0.6) is 0 Å². The fourth-order valence-corrected chi connectivity index (χ4v) is 7.49. The Labute approximate surface area is 398 Å². The first-order valence-electron chi connectivity index (χ1n) is 22.8. The first-order chi connectivity index (χ1) is 31.7. The third-order valence-corrected chi connectivity index (χ3v) is 12.4. The second-order valence-corrected chi connectivity index (χ2v) is 19.9. The molecule has 1 aliphatic rings. The molecule has 4 aromatic rings. The molecule has 0 bridgehead atoms. The van der Waals surface area contributed by atoms with Crippen molar-refractivity contribution >= 4 is 57.9 Å². The van der Waals surface area contributed by atoms with Crippen LogP contribution in [0.25, 0.3) is 10.8 Å². The van der Waals surface area contributed by atoms with E-state index in [1.165, 1.54) is 48.5 Å². The van der Waals surface area contributed by atoms with E-state index in [1.54, 1.807) is 76.2 Å². The summed E-state index contributed by atoms with van der Waals surface area (Å²) in [4.78, 5) is 111. The zero-order chi connectivity index (χ0) is 50.4. The minimum Gasteiger partial charge on any atom is -0.348 e. The summed E-state index contributed by atoms with van der Waals surface area (Å²) in [5, 5.41) is 24.6. The van der Waals surface area contributed by atoms with Crippen molar-refractivity contribution in [3.63, 3.8) is 0 Å². The van der Waals surface area contributed by atoms with Gasteiger partial charge in [-0.05, 0) is 98.1 Å². The summed E-state index contributed by atoms with van der Waals surface area (Å²) in [6, 6.07) is 23.7. The summed E-state index contributed by atoms with van der Waals surface area (Å²) in [6.07, 6.45) is -0.0273. The Morgan fingerprint density at radius 2 is 0.882 bits per heavy atom. The molecule has 5 atom stereocenters. The fourth-order valence-electron chi connectivity index (χ4n) is 7.49. The van der Waals surface area contributed by atoms with Crippen molar-refractivity contribution in [2.24, 2.45) is 0 Å². The largest absolute Gasteiger partial charge is 0.348 e. The van der Waals surface area contributed by atoms with Gasteiger partial charge in [0.05, 0.1) is 6.04 Å². The van der Waals surface area contributed by atoms with Crippen molar-refractivity contribution in [1.82, 2.24) is 42.5 Å². The highest BCUT2D eigenvalue weighted by Gasteiger charge is 2.41. The van der Waals surface area contributed by atoms with Gasteiger partial charge in [-0.3, -0.25) is 38.4 Å².